The Hall–Kier alpha value is -0.120. The van der Waals surface area contributed by atoms with Crippen LogP contribution in [0, 0.1) is 35.0 Å². The third kappa shape index (κ3) is 3.99. The highest BCUT2D eigenvalue weighted by Crippen LogP contribution is 2.56. The molecule has 3 heteroatoms. The van der Waals surface area contributed by atoms with Crippen LogP contribution in [0.15, 0.2) is 0 Å². The first-order valence-corrected chi connectivity index (χ1v) is 10.2. The van der Waals surface area contributed by atoms with Gasteiger partial charge >= 0.3 is 0 Å². The summed E-state index contributed by atoms with van der Waals surface area (Å²) in [5, 5.41) is 9.32. The van der Waals surface area contributed by atoms with Crippen LogP contribution < -0.4 is 0 Å². The van der Waals surface area contributed by atoms with Crippen molar-refractivity contribution in [2.45, 2.75) is 85.0 Å². The first-order valence-electron chi connectivity index (χ1n) is 10.2. The molecule has 1 N–H and O–H groups in total. The van der Waals surface area contributed by atoms with E-state index in [-0.39, 0.29) is 6.10 Å². The van der Waals surface area contributed by atoms with E-state index in [4.69, 9.17) is 9.47 Å². The minimum Gasteiger partial charge on any atom is -0.396 e. The Kier molecular flexibility index (Phi) is 5.36. The lowest BCUT2D eigenvalue weighted by Gasteiger charge is -2.37. The summed E-state index contributed by atoms with van der Waals surface area (Å²) in [6, 6.07) is 0. The molecule has 0 unspecified atom stereocenters. The van der Waals surface area contributed by atoms with Crippen LogP contribution >= 0.6 is 0 Å². The van der Waals surface area contributed by atoms with E-state index in [0.29, 0.717) is 17.9 Å². The fourth-order valence-electron chi connectivity index (χ4n) is 5.68. The molecular formula is C21H38O3. The van der Waals surface area contributed by atoms with E-state index < -0.39 is 5.79 Å². The van der Waals surface area contributed by atoms with Gasteiger partial charge in [-0.15, -0.1) is 0 Å². The number of hydrogen-bond acceptors (Lipinski definition) is 3. The van der Waals surface area contributed by atoms with Gasteiger partial charge in [0.15, 0.2) is 5.79 Å². The summed E-state index contributed by atoms with van der Waals surface area (Å²) in [6.45, 7) is 12.5. The molecule has 0 aromatic heterocycles. The van der Waals surface area contributed by atoms with Gasteiger partial charge in [-0.1, -0.05) is 20.8 Å². The summed E-state index contributed by atoms with van der Waals surface area (Å²) >= 11 is 0. The number of aliphatic hydroxyl groups is 1. The number of rotatable bonds is 7. The minimum atomic E-state index is -0.408. The quantitative estimate of drug-likeness (QED) is 0.736. The van der Waals surface area contributed by atoms with Gasteiger partial charge in [-0.3, -0.25) is 0 Å². The standard InChI is InChI=1S/C21H38O3/c1-14(2)18-8-9-21(5,11-17-13-23-20(3,4)24-17)19(18)7-6-15-10-16(15)12-22/h14-19,22H,6-13H2,1-5H3/t15-,16+,17+,18-,19+,21-/m1/s1. The topological polar surface area (TPSA) is 38.7 Å². The zero-order valence-corrected chi connectivity index (χ0v) is 16.4. The van der Waals surface area contributed by atoms with Crippen molar-refractivity contribution in [3.05, 3.63) is 0 Å². The Morgan fingerprint density at radius 1 is 1.12 bits per heavy atom. The molecule has 3 rings (SSSR count). The predicted molar refractivity (Wildman–Crippen MR) is 96.6 cm³/mol. The first kappa shape index (κ1) is 18.7. The summed E-state index contributed by atoms with van der Waals surface area (Å²) in [6.07, 6.45) is 7.97. The molecule has 140 valence electrons. The number of ether oxygens (including phenoxy) is 2. The molecule has 1 aliphatic heterocycles. The Balaban J connectivity index is 1.62. The van der Waals surface area contributed by atoms with Crippen LogP contribution in [-0.4, -0.2) is 30.2 Å². The number of hydrogen-bond donors (Lipinski definition) is 1. The molecule has 2 aliphatic carbocycles. The average Bonchev–Trinajstić information content (AvgIpc) is 3.07. The van der Waals surface area contributed by atoms with Crippen molar-refractivity contribution in [1.82, 2.24) is 0 Å². The summed E-state index contributed by atoms with van der Waals surface area (Å²) in [5.41, 5.74) is 0.382. The van der Waals surface area contributed by atoms with E-state index >= 15 is 0 Å². The van der Waals surface area contributed by atoms with Crippen molar-refractivity contribution in [3.63, 3.8) is 0 Å². The van der Waals surface area contributed by atoms with Gasteiger partial charge in [0.2, 0.25) is 0 Å². The third-order valence-electron chi connectivity index (χ3n) is 7.23. The molecule has 0 bridgehead atoms. The Bertz CT molecular complexity index is 433. The molecule has 2 saturated carbocycles. The van der Waals surface area contributed by atoms with Crippen molar-refractivity contribution in [3.8, 4) is 0 Å². The van der Waals surface area contributed by atoms with Gasteiger partial charge in [-0.2, -0.15) is 0 Å². The van der Waals surface area contributed by atoms with Crippen molar-refractivity contribution in [1.29, 1.82) is 0 Å². The van der Waals surface area contributed by atoms with E-state index in [1.165, 1.54) is 32.1 Å². The smallest absolute Gasteiger partial charge is 0.163 e. The van der Waals surface area contributed by atoms with Crippen molar-refractivity contribution in [2.75, 3.05) is 13.2 Å². The van der Waals surface area contributed by atoms with Crippen LogP contribution in [0.2, 0.25) is 0 Å². The summed E-state index contributed by atoms with van der Waals surface area (Å²) in [4.78, 5) is 0. The molecule has 0 amide bonds. The maximum Gasteiger partial charge on any atom is 0.163 e. The molecule has 0 spiro atoms. The highest BCUT2D eigenvalue weighted by molar-refractivity contribution is 4.98. The normalized spacial score (nSPS) is 44.4. The molecule has 6 atom stereocenters. The van der Waals surface area contributed by atoms with Gasteiger partial charge in [-0.25, -0.2) is 0 Å². The minimum absolute atomic E-state index is 0.254. The second kappa shape index (κ2) is 6.89. The fourth-order valence-corrected chi connectivity index (χ4v) is 5.68. The molecule has 3 fully saturated rings. The van der Waals surface area contributed by atoms with Crippen LogP contribution in [0.25, 0.3) is 0 Å². The van der Waals surface area contributed by atoms with E-state index in [9.17, 15) is 5.11 Å². The number of aliphatic hydroxyl groups excluding tert-OH is 1. The van der Waals surface area contributed by atoms with Crippen LogP contribution in [0.5, 0.6) is 0 Å². The fraction of sp³-hybridized carbons (Fsp3) is 1.00. The molecule has 1 heterocycles. The molecule has 24 heavy (non-hydrogen) atoms. The van der Waals surface area contributed by atoms with Gasteiger partial charge in [0.25, 0.3) is 0 Å². The van der Waals surface area contributed by atoms with Crippen molar-refractivity contribution >= 4 is 0 Å². The molecular weight excluding hydrogens is 300 g/mol. The van der Waals surface area contributed by atoms with Crippen LogP contribution in [-0.2, 0) is 9.47 Å². The van der Waals surface area contributed by atoms with Crippen LogP contribution in [0.3, 0.4) is 0 Å². The zero-order chi connectivity index (χ0) is 17.5. The lowest BCUT2D eigenvalue weighted by Crippen LogP contribution is -2.33. The Labute approximate surface area is 148 Å². The monoisotopic (exact) mass is 338 g/mol. The Morgan fingerprint density at radius 2 is 1.88 bits per heavy atom. The van der Waals surface area contributed by atoms with E-state index in [0.717, 1.165) is 36.7 Å². The molecule has 3 nitrogen and oxygen atoms in total. The van der Waals surface area contributed by atoms with Gasteiger partial charge in [-0.05, 0) is 87.4 Å². The van der Waals surface area contributed by atoms with Crippen molar-refractivity contribution in [2.24, 2.45) is 35.0 Å². The SMILES string of the molecule is CC(C)[C@H]1CC[C@](C)(C[C@H]2COC(C)(C)O2)[C@H]1CC[C@@H]1C[C@H]1CO. The summed E-state index contributed by atoms with van der Waals surface area (Å²) in [7, 11) is 0. The van der Waals surface area contributed by atoms with Crippen molar-refractivity contribution < 1.29 is 14.6 Å². The first-order chi connectivity index (χ1) is 11.2. The van der Waals surface area contributed by atoms with Gasteiger partial charge < -0.3 is 14.6 Å². The summed E-state index contributed by atoms with van der Waals surface area (Å²) < 4.78 is 11.9. The largest absolute Gasteiger partial charge is 0.396 e. The Morgan fingerprint density at radius 3 is 2.42 bits per heavy atom. The maximum atomic E-state index is 9.32. The molecule has 3 aliphatic rings. The zero-order valence-electron chi connectivity index (χ0n) is 16.4. The second-order valence-corrected chi connectivity index (χ2v) is 9.88. The average molecular weight is 339 g/mol. The molecule has 0 radical (unpaired) electrons. The highest BCUT2D eigenvalue weighted by atomic mass is 16.7. The van der Waals surface area contributed by atoms with E-state index in [1.807, 2.05) is 13.8 Å². The van der Waals surface area contributed by atoms with Gasteiger partial charge in [0, 0.05) is 6.61 Å². The highest BCUT2D eigenvalue weighted by Gasteiger charge is 2.49. The van der Waals surface area contributed by atoms with Crippen LogP contribution in [0.4, 0.5) is 0 Å². The van der Waals surface area contributed by atoms with Gasteiger partial charge in [0.1, 0.15) is 0 Å². The van der Waals surface area contributed by atoms with Gasteiger partial charge in [0.05, 0.1) is 12.7 Å². The molecule has 1 saturated heterocycles. The summed E-state index contributed by atoms with van der Waals surface area (Å²) in [5.74, 6) is 3.39. The third-order valence-corrected chi connectivity index (χ3v) is 7.23. The lowest BCUT2D eigenvalue weighted by molar-refractivity contribution is -0.142. The maximum absolute atomic E-state index is 9.32. The van der Waals surface area contributed by atoms with E-state index in [1.54, 1.807) is 0 Å². The van der Waals surface area contributed by atoms with Crippen LogP contribution in [0.1, 0.15) is 73.1 Å². The van der Waals surface area contributed by atoms with E-state index in [2.05, 4.69) is 20.8 Å². The lowest BCUT2D eigenvalue weighted by atomic mass is 9.69. The predicted octanol–water partition coefficient (Wildman–Crippen LogP) is 4.63. The molecule has 0 aromatic carbocycles. The second-order valence-electron chi connectivity index (χ2n) is 9.88. The molecule has 0 aromatic rings.